The second kappa shape index (κ2) is 8.04. The van der Waals surface area contributed by atoms with Crippen LogP contribution in [0.4, 0.5) is 10.5 Å². The van der Waals surface area contributed by atoms with Gasteiger partial charge in [0.15, 0.2) is 0 Å². The molecule has 0 unspecified atom stereocenters. The second-order valence-corrected chi connectivity index (χ2v) is 7.53. The molecule has 3 aromatic rings. The predicted octanol–water partition coefficient (Wildman–Crippen LogP) is 2.61. The first-order valence-corrected chi connectivity index (χ1v) is 9.75. The van der Waals surface area contributed by atoms with Crippen molar-refractivity contribution >= 4 is 33.6 Å². The number of halogens is 1. The number of likely N-dealkylation sites (N-methyl/N-ethyl adjacent to an activating group) is 1. The summed E-state index contributed by atoms with van der Waals surface area (Å²) < 4.78 is 7.75. The van der Waals surface area contributed by atoms with Crippen LogP contribution in [0.3, 0.4) is 0 Å². The highest BCUT2D eigenvalue weighted by molar-refractivity contribution is 9.10. The average molecular weight is 456 g/mol. The van der Waals surface area contributed by atoms with Gasteiger partial charge in [0, 0.05) is 36.0 Å². The van der Waals surface area contributed by atoms with Gasteiger partial charge in [-0.15, -0.1) is 0 Å². The summed E-state index contributed by atoms with van der Waals surface area (Å²) in [6.07, 6.45) is 5.52. The fourth-order valence-corrected chi connectivity index (χ4v) is 3.41. The molecule has 0 saturated heterocycles. The van der Waals surface area contributed by atoms with E-state index in [0.29, 0.717) is 17.9 Å². The van der Waals surface area contributed by atoms with Crippen LogP contribution < -0.4 is 15.0 Å². The van der Waals surface area contributed by atoms with Crippen LogP contribution in [0.1, 0.15) is 11.3 Å². The summed E-state index contributed by atoms with van der Waals surface area (Å²) >= 11 is 3.40. The van der Waals surface area contributed by atoms with E-state index in [0.717, 1.165) is 15.7 Å². The minimum absolute atomic E-state index is 0.0333. The summed E-state index contributed by atoms with van der Waals surface area (Å²) in [4.78, 5) is 31.2. The highest BCUT2D eigenvalue weighted by atomic mass is 79.9. The maximum atomic E-state index is 12.8. The molecule has 1 N–H and O–H groups in total. The van der Waals surface area contributed by atoms with Gasteiger partial charge >= 0.3 is 6.03 Å². The minimum Gasteiger partial charge on any atom is -0.489 e. The summed E-state index contributed by atoms with van der Waals surface area (Å²) in [6.45, 7) is 0.0333. The van der Waals surface area contributed by atoms with Crippen LogP contribution in [-0.2, 0) is 11.2 Å². The number of nitrogens with zero attached hydrogens (tertiary/aromatic N) is 4. The number of fused-ring (bicyclic) bond motifs is 1. The molecule has 0 saturated carbocycles. The number of pyridine rings is 1. The number of carbonyl (C=O) groups is 2. The Labute approximate surface area is 175 Å². The molecule has 29 heavy (non-hydrogen) atoms. The molecule has 2 amide bonds. The molecule has 3 heterocycles. The summed E-state index contributed by atoms with van der Waals surface area (Å²) in [5.41, 5.74) is 2.36. The lowest BCUT2D eigenvalue weighted by Gasteiger charge is -2.20. The summed E-state index contributed by atoms with van der Waals surface area (Å²) in [6, 6.07) is 9.75. The van der Waals surface area contributed by atoms with Crippen molar-refractivity contribution in [2.24, 2.45) is 0 Å². The van der Waals surface area contributed by atoms with E-state index in [-0.39, 0.29) is 12.5 Å². The number of hydrogen-bond acceptors (Lipinski definition) is 5. The maximum absolute atomic E-state index is 12.8. The van der Waals surface area contributed by atoms with Crippen molar-refractivity contribution < 1.29 is 14.3 Å². The van der Waals surface area contributed by atoms with E-state index >= 15 is 0 Å². The molecule has 0 radical (unpaired) electrons. The van der Waals surface area contributed by atoms with E-state index in [4.69, 9.17) is 4.74 Å². The molecule has 0 fully saturated rings. The normalized spacial score (nSPS) is 16.0. The lowest BCUT2D eigenvalue weighted by molar-refractivity contribution is -0.120. The Morgan fingerprint density at radius 3 is 3.00 bits per heavy atom. The van der Waals surface area contributed by atoms with E-state index in [1.807, 2.05) is 24.3 Å². The number of benzene rings is 1. The van der Waals surface area contributed by atoms with Crippen LogP contribution in [0.25, 0.3) is 0 Å². The molecule has 4 rings (SSSR count). The van der Waals surface area contributed by atoms with Gasteiger partial charge in [0.05, 0.1) is 11.9 Å². The van der Waals surface area contributed by atoms with Gasteiger partial charge in [-0.3, -0.25) is 9.78 Å². The second-order valence-electron chi connectivity index (χ2n) is 6.61. The Morgan fingerprint density at radius 2 is 2.21 bits per heavy atom. The third-order valence-electron chi connectivity index (χ3n) is 4.57. The number of nitrogens with one attached hydrogen (secondary N) is 1. The number of anilines is 1. The van der Waals surface area contributed by atoms with E-state index in [1.165, 1.54) is 9.58 Å². The topological polar surface area (TPSA) is 89.4 Å². The molecular formula is C20H18BrN5O3. The van der Waals surface area contributed by atoms with E-state index in [1.54, 1.807) is 37.8 Å². The quantitative estimate of drug-likeness (QED) is 0.655. The van der Waals surface area contributed by atoms with Gasteiger partial charge < -0.3 is 15.0 Å². The Morgan fingerprint density at radius 1 is 1.34 bits per heavy atom. The summed E-state index contributed by atoms with van der Waals surface area (Å²) in [5.74, 6) is 0.314. The number of rotatable bonds is 3. The highest BCUT2D eigenvalue weighted by Gasteiger charge is 2.31. The predicted molar refractivity (Wildman–Crippen MR) is 110 cm³/mol. The first-order chi connectivity index (χ1) is 14.0. The molecule has 0 aliphatic carbocycles. The zero-order valence-corrected chi connectivity index (χ0v) is 17.2. The zero-order chi connectivity index (χ0) is 20.4. The molecule has 1 aromatic carbocycles. The first kappa shape index (κ1) is 19.1. The molecular weight excluding hydrogens is 438 g/mol. The minimum atomic E-state index is -0.831. The number of ether oxygens (including phenoxy) is 1. The van der Waals surface area contributed by atoms with Crippen LogP contribution in [-0.4, -0.2) is 46.4 Å². The summed E-state index contributed by atoms with van der Waals surface area (Å²) in [7, 11) is 1.65. The largest absolute Gasteiger partial charge is 0.489 e. The van der Waals surface area contributed by atoms with Crippen LogP contribution >= 0.6 is 15.9 Å². The van der Waals surface area contributed by atoms with Crippen molar-refractivity contribution in [1.29, 1.82) is 0 Å². The third kappa shape index (κ3) is 4.14. The SMILES string of the molecule is CN1C(=O)[C@@H](NC(=O)n2cc(Cc3ccccn3)cn2)COc2ccc(Br)cc21. The third-order valence-corrected chi connectivity index (χ3v) is 5.06. The highest BCUT2D eigenvalue weighted by Crippen LogP contribution is 2.33. The van der Waals surface area contributed by atoms with Crippen LogP contribution in [0, 0.1) is 0 Å². The van der Waals surface area contributed by atoms with Gasteiger partial charge in [0.25, 0.3) is 5.91 Å². The zero-order valence-electron chi connectivity index (χ0n) is 15.6. The van der Waals surface area contributed by atoms with E-state index in [9.17, 15) is 9.59 Å². The fraction of sp³-hybridized carbons (Fsp3) is 0.200. The molecule has 8 nitrogen and oxygen atoms in total. The van der Waals surface area contributed by atoms with Gasteiger partial charge in [0.1, 0.15) is 18.4 Å². The molecule has 9 heteroatoms. The molecule has 2 aromatic heterocycles. The Kier molecular flexibility index (Phi) is 5.30. The Bertz CT molecular complexity index is 1050. The van der Waals surface area contributed by atoms with Crippen molar-refractivity contribution in [3.05, 3.63) is 70.7 Å². The van der Waals surface area contributed by atoms with Gasteiger partial charge in [0.2, 0.25) is 0 Å². The standard InChI is InChI=1S/C20H18BrN5O3/c1-25-17-9-14(21)5-6-18(17)29-12-16(19(25)27)24-20(28)26-11-13(10-23-26)8-15-4-2-3-7-22-15/h2-7,9-11,16H,8,12H2,1H3,(H,24,28)/t16-/m0/s1. The summed E-state index contributed by atoms with van der Waals surface area (Å²) in [5, 5.41) is 6.80. The van der Waals surface area contributed by atoms with Crippen LogP contribution in [0.5, 0.6) is 5.75 Å². The maximum Gasteiger partial charge on any atom is 0.342 e. The van der Waals surface area contributed by atoms with Crippen molar-refractivity contribution in [2.45, 2.75) is 12.5 Å². The van der Waals surface area contributed by atoms with E-state index < -0.39 is 12.1 Å². The van der Waals surface area contributed by atoms with Gasteiger partial charge in [-0.25, -0.2) is 4.79 Å². The molecule has 1 aliphatic rings. The van der Waals surface area contributed by atoms with Gasteiger partial charge in [-0.1, -0.05) is 22.0 Å². The molecule has 0 bridgehead atoms. The van der Waals surface area contributed by atoms with Crippen molar-refractivity contribution in [3.8, 4) is 5.75 Å². The van der Waals surface area contributed by atoms with Gasteiger partial charge in [-0.2, -0.15) is 9.78 Å². The molecule has 0 spiro atoms. The number of aromatic nitrogens is 3. The first-order valence-electron chi connectivity index (χ1n) is 8.95. The number of hydrogen-bond donors (Lipinski definition) is 1. The lowest BCUT2D eigenvalue weighted by Crippen LogP contribution is -2.50. The van der Waals surface area contributed by atoms with E-state index in [2.05, 4.69) is 31.3 Å². The average Bonchev–Trinajstić information content (AvgIpc) is 3.16. The van der Waals surface area contributed by atoms with Crippen molar-refractivity contribution in [2.75, 3.05) is 18.6 Å². The smallest absolute Gasteiger partial charge is 0.342 e. The lowest BCUT2D eigenvalue weighted by atomic mass is 10.2. The Balaban J connectivity index is 1.45. The van der Waals surface area contributed by atoms with Crippen molar-refractivity contribution in [3.63, 3.8) is 0 Å². The number of amides is 2. The van der Waals surface area contributed by atoms with Crippen LogP contribution in [0.2, 0.25) is 0 Å². The monoisotopic (exact) mass is 455 g/mol. The molecule has 1 atom stereocenters. The van der Waals surface area contributed by atoms with Gasteiger partial charge in [-0.05, 0) is 35.9 Å². The van der Waals surface area contributed by atoms with Crippen LogP contribution in [0.15, 0.2) is 59.5 Å². The molecule has 1 aliphatic heterocycles. The Hall–Kier alpha value is -3.20. The fourth-order valence-electron chi connectivity index (χ4n) is 3.06. The van der Waals surface area contributed by atoms with Crippen molar-refractivity contribution in [1.82, 2.24) is 20.1 Å². The number of carbonyl (C=O) groups excluding carboxylic acids is 2. The molecule has 148 valence electrons.